The molecule has 5 nitrogen and oxygen atoms in total. The molecule has 2 rings (SSSR count). The highest BCUT2D eigenvalue weighted by Gasteiger charge is 2.15. The Hall–Kier alpha value is -2.14. The summed E-state index contributed by atoms with van der Waals surface area (Å²) in [5.74, 6) is 1.32. The normalized spacial score (nSPS) is 12.2. The summed E-state index contributed by atoms with van der Waals surface area (Å²) in [4.78, 5) is 8.35. The van der Waals surface area contributed by atoms with Crippen LogP contribution in [0, 0.1) is 5.92 Å². The molecule has 0 amide bonds. The van der Waals surface area contributed by atoms with E-state index < -0.39 is 0 Å². The Morgan fingerprint density at radius 3 is 2.36 bits per heavy atom. The van der Waals surface area contributed by atoms with E-state index in [1.54, 1.807) is 20.4 Å². The van der Waals surface area contributed by atoms with Gasteiger partial charge < -0.3 is 14.8 Å². The first-order valence-electron chi connectivity index (χ1n) is 7.37. The van der Waals surface area contributed by atoms with Crippen molar-refractivity contribution in [2.45, 2.75) is 26.4 Å². The highest BCUT2D eigenvalue weighted by Crippen LogP contribution is 2.24. The molecule has 22 heavy (non-hydrogen) atoms. The highest BCUT2D eigenvalue weighted by atomic mass is 16.5. The predicted octanol–water partition coefficient (Wildman–Crippen LogP) is 2.98. The van der Waals surface area contributed by atoms with Crippen molar-refractivity contribution in [1.82, 2.24) is 15.3 Å². The monoisotopic (exact) mass is 301 g/mol. The Kier molecular flexibility index (Phi) is 5.72. The van der Waals surface area contributed by atoms with E-state index >= 15 is 0 Å². The Morgan fingerprint density at radius 1 is 1.05 bits per heavy atom. The number of aromatic nitrogens is 2. The van der Waals surface area contributed by atoms with E-state index in [4.69, 9.17) is 9.47 Å². The summed E-state index contributed by atoms with van der Waals surface area (Å²) in [7, 11) is 3.25. The van der Waals surface area contributed by atoms with Gasteiger partial charge in [0.2, 0.25) is 0 Å². The molecule has 118 valence electrons. The van der Waals surface area contributed by atoms with Crippen molar-refractivity contribution in [3.05, 3.63) is 47.8 Å². The topological polar surface area (TPSA) is 56.3 Å². The van der Waals surface area contributed by atoms with Gasteiger partial charge in [-0.3, -0.25) is 0 Å². The fourth-order valence-corrected chi connectivity index (χ4v) is 2.34. The third-order valence-corrected chi connectivity index (χ3v) is 3.52. The van der Waals surface area contributed by atoms with Gasteiger partial charge in [0.1, 0.15) is 5.75 Å². The van der Waals surface area contributed by atoms with Crippen LogP contribution in [0.1, 0.15) is 31.1 Å². The molecule has 0 aliphatic heterocycles. The lowest BCUT2D eigenvalue weighted by atomic mass is 9.96. The largest absolute Gasteiger partial charge is 0.497 e. The quantitative estimate of drug-likeness (QED) is 0.852. The van der Waals surface area contributed by atoms with Crippen LogP contribution in [-0.2, 0) is 6.54 Å². The molecule has 5 heteroatoms. The average molecular weight is 301 g/mol. The van der Waals surface area contributed by atoms with Crippen molar-refractivity contribution in [3.63, 3.8) is 0 Å². The smallest absolute Gasteiger partial charge is 0.316 e. The Bertz CT molecular complexity index is 585. The summed E-state index contributed by atoms with van der Waals surface area (Å²) >= 11 is 0. The standard InChI is InChI=1S/C17H23N3O2/c1-12(2)16(13-5-7-15(21-3)8-6-13)19-11-14-9-10-18-17(20-14)22-4/h5-10,12,16,19H,11H2,1-4H3/t16-/m0/s1. The van der Waals surface area contributed by atoms with Gasteiger partial charge in [-0.05, 0) is 29.7 Å². The molecule has 1 N–H and O–H groups in total. The molecule has 1 aromatic carbocycles. The van der Waals surface area contributed by atoms with E-state index in [9.17, 15) is 0 Å². The molecule has 0 saturated heterocycles. The summed E-state index contributed by atoms with van der Waals surface area (Å²) < 4.78 is 10.3. The fraction of sp³-hybridized carbons (Fsp3) is 0.412. The zero-order chi connectivity index (χ0) is 15.9. The van der Waals surface area contributed by atoms with Crippen LogP contribution in [0.15, 0.2) is 36.5 Å². The maximum atomic E-state index is 5.21. The van der Waals surface area contributed by atoms with Gasteiger partial charge in [0, 0.05) is 18.8 Å². The van der Waals surface area contributed by atoms with Gasteiger partial charge in [0.15, 0.2) is 0 Å². The van der Waals surface area contributed by atoms with Crippen LogP contribution in [0.4, 0.5) is 0 Å². The van der Waals surface area contributed by atoms with Gasteiger partial charge in [-0.25, -0.2) is 4.98 Å². The van der Waals surface area contributed by atoms with E-state index in [0.717, 1.165) is 11.4 Å². The summed E-state index contributed by atoms with van der Waals surface area (Å²) in [5.41, 5.74) is 2.14. The SMILES string of the molecule is COc1ccc([C@@H](NCc2ccnc(OC)n2)C(C)C)cc1. The number of nitrogens with zero attached hydrogens (tertiary/aromatic N) is 2. The summed E-state index contributed by atoms with van der Waals surface area (Å²) in [6, 6.07) is 10.7. The second kappa shape index (κ2) is 7.75. The van der Waals surface area contributed by atoms with Crippen molar-refractivity contribution in [2.24, 2.45) is 5.92 Å². The molecule has 0 fully saturated rings. The van der Waals surface area contributed by atoms with Gasteiger partial charge in [-0.2, -0.15) is 4.98 Å². The Morgan fingerprint density at radius 2 is 1.77 bits per heavy atom. The number of ether oxygens (including phenoxy) is 2. The molecular weight excluding hydrogens is 278 g/mol. The van der Waals surface area contributed by atoms with E-state index in [-0.39, 0.29) is 6.04 Å². The summed E-state index contributed by atoms with van der Waals surface area (Å²) in [5, 5.41) is 3.55. The van der Waals surface area contributed by atoms with Crippen LogP contribution in [0.5, 0.6) is 11.8 Å². The second-order valence-corrected chi connectivity index (χ2v) is 5.41. The molecule has 1 aromatic heterocycles. The molecule has 0 radical (unpaired) electrons. The van der Waals surface area contributed by atoms with Crippen LogP contribution in [0.2, 0.25) is 0 Å². The van der Waals surface area contributed by atoms with E-state index in [0.29, 0.717) is 18.5 Å². The first kappa shape index (κ1) is 16.2. The molecule has 0 aliphatic rings. The van der Waals surface area contributed by atoms with Gasteiger partial charge in [-0.15, -0.1) is 0 Å². The maximum Gasteiger partial charge on any atom is 0.316 e. The maximum absolute atomic E-state index is 5.21. The molecule has 2 aromatic rings. The Labute approximate surface area is 131 Å². The molecular formula is C17H23N3O2. The van der Waals surface area contributed by atoms with Crippen LogP contribution < -0.4 is 14.8 Å². The lowest BCUT2D eigenvalue weighted by Gasteiger charge is -2.23. The van der Waals surface area contributed by atoms with Gasteiger partial charge in [0.05, 0.1) is 19.9 Å². The average Bonchev–Trinajstić information content (AvgIpc) is 2.55. The third-order valence-electron chi connectivity index (χ3n) is 3.52. The van der Waals surface area contributed by atoms with Crippen LogP contribution in [0.25, 0.3) is 0 Å². The number of hydrogen-bond acceptors (Lipinski definition) is 5. The summed E-state index contributed by atoms with van der Waals surface area (Å²) in [6.07, 6.45) is 1.71. The van der Waals surface area contributed by atoms with Gasteiger partial charge >= 0.3 is 6.01 Å². The predicted molar refractivity (Wildman–Crippen MR) is 86.0 cm³/mol. The first-order chi connectivity index (χ1) is 10.6. The van der Waals surface area contributed by atoms with Gasteiger partial charge in [-0.1, -0.05) is 26.0 Å². The molecule has 1 heterocycles. The molecule has 1 atom stereocenters. The minimum atomic E-state index is 0.242. The van der Waals surface area contributed by atoms with E-state index in [2.05, 4.69) is 41.3 Å². The lowest BCUT2D eigenvalue weighted by Crippen LogP contribution is -2.25. The van der Waals surface area contributed by atoms with Crippen molar-refractivity contribution in [2.75, 3.05) is 14.2 Å². The highest BCUT2D eigenvalue weighted by molar-refractivity contribution is 5.29. The van der Waals surface area contributed by atoms with E-state index in [1.807, 2.05) is 18.2 Å². The van der Waals surface area contributed by atoms with Crippen LogP contribution >= 0.6 is 0 Å². The van der Waals surface area contributed by atoms with Gasteiger partial charge in [0.25, 0.3) is 0 Å². The Balaban J connectivity index is 2.07. The van der Waals surface area contributed by atoms with Crippen molar-refractivity contribution in [1.29, 1.82) is 0 Å². The first-order valence-corrected chi connectivity index (χ1v) is 7.37. The molecule has 0 aliphatic carbocycles. The van der Waals surface area contributed by atoms with E-state index in [1.165, 1.54) is 5.56 Å². The molecule has 0 unspecified atom stereocenters. The van der Waals surface area contributed by atoms with Crippen molar-refractivity contribution >= 4 is 0 Å². The van der Waals surface area contributed by atoms with Crippen molar-refractivity contribution in [3.8, 4) is 11.8 Å². The minimum Gasteiger partial charge on any atom is -0.497 e. The second-order valence-electron chi connectivity index (χ2n) is 5.41. The number of nitrogens with one attached hydrogen (secondary N) is 1. The minimum absolute atomic E-state index is 0.242. The summed E-state index contributed by atoms with van der Waals surface area (Å²) in [6.45, 7) is 5.05. The third kappa shape index (κ3) is 4.18. The zero-order valence-corrected chi connectivity index (χ0v) is 13.5. The molecule has 0 saturated carbocycles. The van der Waals surface area contributed by atoms with Crippen LogP contribution in [0.3, 0.4) is 0 Å². The zero-order valence-electron chi connectivity index (χ0n) is 13.5. The fourth-order valence-electron chi connectivity index (χ4n) is 2.34. The number of benzene rings is 1. The number of hydrogen-bond donors (Lipinski definition) is 1. The number of methoxy groups -OCH3 is 2. The lowest BCUT2D eigenvalue weighted by molar-refractivity contribution is 0.373. The van der Waals surface area contributed by atoms with Crippen molar-refractivity contribution < 1.29 is 9.47 Å². The number of rotatable bonds is 7. The molecule has 0 bridgehead atoms. The van der Waals surface area contributed by atoms with Crippen LogP contribution in [-0.4, -0.2) is 24.2 Å². The molecule has 0 spiro atoms.